The summed E-state index contributed by atoms with van der Waals surface area (Å²) in [7, 11) is -3.40. The van der Waals surface area contributed by atoms with E-state index in [-0.39, 0.29) is 26.2 Å². The van der Waals surface area contributed by atoms with Crippen molar-refractivity contribution in [3.8, 4) is 0 Å². The first kappa shape index (κ1) is 16.7. The van der Waals surface area contributed by atoms with Gasteiger partial charge in [0, 0.05) is 11.9 Å². The molecule has 2 rings (SSSR count). The van der Waals surface area contributed by atoms with Crippen LogP contribution in [0.2, 0.25) is 10.0 Å². The van der Waals surface area contributed by atoms with Gasteiger partial charge in [-0.05, 0) is 30.3 Å². The van der Waals surface area contributed by atoms with E-state index in [0.29, 0.717) is 0 Å². The molecule has 0 fully saturated rings. The largest absolute Gasteiger partial charge is 0.322 e. The van der Waals surface area contributed by atoms with Crippen LogP contribution in [0.4, 0.5) is 10.1 Å². The van der Waals surface area contributed by atoms with Crippen molar-refractivity contribution in [2.24, 2.45) is 0 Å². The molecule has 0 bridgehead atoms. The van der Waals surface area contributed by atoms with Gasteiger partial charge in [-0.25, -0.2) is 12.8 Å². The minimum atomic E-state index is -3.40. The molecule has 0 saturated heterocycles. The Hall–Kier alpha value is -1.63. The molecule has 1 amide bonds. The molecule has 0 aromatic heterocycles. The third-order valence-corrected chi connectivity index (χ3v) is 4.49. The lowest BCUT2D eigenvalue weighted by atomic mass is 10.2. The molecule has 0 atom stereocenters. The number of carbonyl (C=O) groups excluding carboxylic acids is 1. The Bertz CT molecular complexity index is 853. The van der Waals surface area contributed by atoms with Gasteiger partial charge in [-0.15, -0.1) is 0 Å². The van der Waals surface area contributed by atoms with Gasteiger partial charge < -0.3 is 5.32 Å². The summed E-state index contributed by atoms with van der Waals surface area (Å²) in [6.07, 6.45) is 1.05. The van der Waals surface area contributed by atoms with E-state index >= 15 is 0 Å². The minimum absolute atomic E-state index is 0.0110. The second-order valence-electron chi connectivity index (χ2n) is 4.50. The third kappa shape index (κ3) is 3.76. The Labute approximate surface area is 136 Å². The highest BCUT2D eigenvalue weighted by Crippen LogP contribution is 2.25. The van der Waals surface area contributed by atoms with Crippen LogP contribution in [0.15, 0.2) is 41.3 Å². The fraction of sp³-hybridized carbons (Fsp3) is 0.0714. The van der Waals surface area contributed by atoms with Gasteiger partial charge in [0.15, 0.2) is 9.84 Å². The highest BCUT2D eigenvalue weighted by atomic mass is 35.5. The van der Waals surface area contributed by atoms with E-state index in [9.17, 15) is 17.6 Å². The van der Waals surface area contributed by atoms with Gasteiger partial charge in [-0.3, -0.25) is 4.79 Å². The molecular weight excluding hydrogens is 352 g/mol. The number of hydrogen-bond acceptors (Lipinski definition) is 3. The number of halogens is 3. The summed E-state index contributed by atoms with van der Waals surface area (Å²) >= 11 is 11.4. The maximum absolute atomic E-state index is 13.4. The number of rotatable bonds is 3. The first-order valence-electron chi connectivity index (χ1n) is 5.94. The molecule has 8 heteroatoms. The van der Waals surface area contributed by atoms with Crippen molar-refractivity contribution in [3.05, 3.63) is 57.8 Å². The molecule has 2 aromatic rings. The average molecular weight is 362 g/mol. The molecule has 1 N–H and O–H groups in total. The van der Waals surface area contributed by atoms with Crippen molar-refractivity contribution in [2.45, 2.75) is 4.90 Å². The van der Waals surface area contributed by atoms with Gasteiger partial charge >= 0.3 is 0 Å². The first-order chi connectivity index (χ1) is 10.2. The summed E-state index contributed by atoms with van der Waals surface area (Å²) in [5, 5.41) is 2.26. The van der Waals surface area contributed by atoms with Crippen LogP contribution in [0.3, 0.4) is 0 Å². The van der Waals surface area contributed by atoms with Gasteiger partial charge in [0.05, 0.1) is 20.5 Å². The lowest BCUT2D eigenvalue weighted by Gasteiger charge is -2.09. The van der Waals surface area contributed by atoms with Crippen LogP contribution < -0.4 is 5.32 Å². The highest BCUT2D eigenvalue weighted by Gasteiger charge is 2.15. The molecule has 0 aliphatic heterocycles. The number of amides is 1. The fourth-order valence-electron chi connectivity index (χ4n) is 1.70. The lowest BCUT2D eigenvalue weighted by molar-refractivity contribution is 0.102. The summed E-state index contributed by atoms with van der Waals surface area (Å²) in [5.74, 6) is -1.45. The van der Waals surface area contributed by atoms with Crippen molar-refractivity contribution >= 4 is 44.6 Å². The summed E-state index contributed by atoms with van der Waals surface area (Å²) in [4.78, 5) is 12.2. The number of carbonyl (C=O) groups is 1. The SMILES string of the molecule is CS(=O)(=O)c1cccc(NC(=O)c2cc(F)c(Cl)cc2Cl)c1. The zero-order valence-electron chi connectivity index (χ0n) is 11.2. The van der Waals surface area contributed by atoms with Gasteiger partial charge in [0.1, 0.15) is 5.82 Å². The lowest BCUT2D eigenvalue weighted by Crippen LogP contribution is -2.13. The molecule has 0 aliphatic rings. The van der Waals surface area contributed by atoms with Crippen molar-refractivity contribution in [3.63, 3.8) is 0 Å². The van der Waals surface area contributed by atoms with Crippen LogP contribution in [0.5, 0.6) is 0 Å². The quantitative estimate of drug-likeness (QED) is 0.845. The van der Waals surface area contributed by atoms with Gasteiger partial charge in [0.2, 0.25) is 0 Å². The monoisotopic (exact) mass is 361 g/mol. The summed E-state index contributed by atoms with van der Waals surface area (Å²) in [6, 6.07) is 7.73. The molecule has 0 unspecified atom stereocenters. The van der Waals surface area contributed by atoms with Crippen LogP contribution >= 0.6 is 23.2 Å². The van der Waals surface area contributed by atoms with Crippen LogP contribution in [0.1, 0.15) is 10.4 Å². The number of nitrogens with one attached hydrogen (secondary N) is 1. The van der Waals surface area contributed by atoms with Gasteiger partial charge in [0.25, 0.3) is 5.91 Å². The van der Waals surface area contributed by atoms with E-state index in [2.05, 4.69) is 5.32 Å². The molecule has 0 heterocycles. The minimum Gasteiger partial charge on any atom is -0.322 e. The molecule has 2 aromatic carbocycles. The van der Waals surface area contributed by atoms with E-state index in [1.165, 1.54) is 24.3 Å². The normalized spacial score (nSPS) is 11.3. The summed E-state index contributed by atoms with van der Waals surface area (Å²) < 4.78 is 36.4. The number of anilines is 1. The Kier molecular flexibility index (Phi) is 4.75. The second-order valence-corrected chi connectivity index (χ2v) is 7.33. The number of hydrogen-bond donors (Lipinski definition) is 1. The molecule has 4 nitrogen and oxygen atoms in total. The van der Waals surface area contributed by atoms with Crippen LogP contribution in [-0.2, 0) is 9.84 Å². The van der Waals surface area contributed by atoms with Crippen LogP contribution in [-0.4, -0.2) is 20.6 Å². The average Bonchev–Trinajstić information content (AvgIpc) is 2.42. The van der Waals surface area contributed by atoms with E-state index in [1.54, 1.807) is 0 Å². The van der Waals surface area contributed by atoms with Crippen molar-refractivity contribution in [2.75, 3.05) is 11.6 Å². The number of sulfone groups is 1. The smallest absolute Gasteiger partial charge is 0.257 e. The van der Waals surface area contributed by atoms with Gasteiger partial charge in [-0.1, -0.05) is 29.3 Å². The number of benzene rings is 2. The second kappa shape index (κ2) is 6.24. The van der Waals surface area contributed by atoms with E-state index in [4.69, 9.17) is 23.2 Å². The highest BCUT2D eigenvalue weighted by molar-refractivity contribution is 7.90. The predicted molar refractivity (Wildman–Crippen MR) is 83.9 cm³/mol. The maximum atomic E-state index is 13.4. The predicted octanol–water partition coefficient (Wildman–Crippen LogP) is 3.79. The van der Waals surface area contributed by atoms with Crippen LogP contribution in [0.25, 0.3) is 0 Å². The fourth-order valence-corrected chi connectivity index (χ4v) is 2.84. The maximum Gasteiger partial charge on any atom is 0.257 e. The zero-order valence-corrected chi connectivity index (χ0v) is 13.6. The van der Waals surface area contributed by atoms with E-state index in [0.717, 1.165) is 18.4 Å². The van der Waals surface area contributed by atoms with Crippen molar-refractivity contribution in [1.82, 2.24) is 0 Å². The molecule has 22 heavy (non-hydrogen) atoms. The molecule has 0 aliphatic carbocycles. The van der Waals surface area contributed by atoms with E-state index < -0.39 is 21.6 Å². The van der Waals surface area contributed by atoms with Crippen molar-refractivity contribution in [1.29, 1.82) is 0 Å². The first-order valence-corrected chi connectivity index (χ1v) is 8.59. The van der Waals surface area contributed by atoms with E-state index in [1.807, 2.05) is 0 Å². The van der Waals surface area contributed by atoms with Gasteiger partial charge in [-0.2, -0.15) is 0 Å². The Morgan fingerprint density at radius 2 is 1.82 bits per heavy atom. The van der Waals surface area contributed by atoms with Crippen LogP contribution in [0, 0.1) is 5.82 Å². The molecule has 116 valence electrons. The molecule has 0 saturated carbocycles. The Morgan fingerprint density at radius 1 is 1.14 bits per heavy atom. The summed E-state index contributed by atoms with van der Waals surface area (Å²) in [6.45, 7) is 0. The van der Waals surface area contributed by atoms with Crippen molar-refractivity contribution < 1.29 is 17.6 Å². The Morgan fingerprint density at radius 3 is 2.45 bits per heavy atom. The molecule has 0 spiro atoms. The molecule has 0 radical (unpaired) electrons. The zero-order chi connectivity index (χ0) is 16.5. The topological polar surface area (TPSA) is 63.2 Å². The molecular formula is C14H10Cl2FNO3S. The third-order valence-electron chi connectivity index (χ3n) is 2.77. The Balaban J connectivity index is 2.32. The standard InChI is InChI=1S/C14H10Cl2FNO3S/c1-22(20,21)9-4-2-3-8(5-9)18-14(19)10-6-13(17)12(16)7-11(10)15/h2-7H,1H3,(H,18,19). The summed E-state index contributed by atoms with van der Waals surface area (Å²) in [5.41, 5.74) is 0.146.